The molecule has 0 spiro atoms. The Morgan fingerprint density at radius 3 is 3.20 bits per heavy atom. The van der Waals surface area contributed by atoms with Gasteiger partial charge in [0.05, 0.1) is 7.11 Å². The third-order valence-corrected chi connectivity index (χ3v) is 3.95. The maximum atomic E-state index is 11.4. The molecule has 0 aromatic carbocycles. The highest BCUT2D eigenvalue weighted by Gasteiger charge is 2.26. The summed E-state index contributed by atoms with van der Waals surface area (Å²) in [5.74, 6) is -0.145. The third-order valence-electron chi connectivity index (χ3n) is 2.93. The lowest BCUT2D eigenvalue weighted by atomic mass is 10.1. The second kappa shape index (κ2) is 4.33. The van der Waals surface area contributed by atoms with E-state index >= 15 is 0 Å². The van der Waals surface area contributed by atoms with Crippen molar-refractivity contribution >= 4 is 17.3 Å². The Morgan fingerprint density at radius 1 is 1.67 bits per heavy atom. The van der Waals surface area contributed by atoms with E-state index in [9.17, 15) is 4.79 Å². The van der Waals surface area contributed by atoms with Crippen molar-refractivity contribution < 1.29 is 9.53 Å². The van der Waals surface area contributed by atoms with E-state index in [1.807, 2.05) is 18.3 Å². The van der Waals surface area contributed by atoms with Gasteiger partial charge in [0.25, 0.3) is 0 Å². The number of nitrogens with zero attached hydrogens (tertiary/aromatic N) is 1. The highest BCUT2D eigenvalue weighted by atomic mass is 32.1. The summed E-state index contributed by atoms with van der Waals surface area (Å²) in [6.07, 6.45) is 1.05. The van der Waals surface area contributed by atoms with Gasteiger partial charge < -0.3 is 4.74 Å². The van der Waals surface area contributed by atoms with Crippen LogP contribution in [-0.2, 0) is 22.5 Å². The van der Waals surface area contributed by atoms with Gasteiger partial charge in [-0.15, -0.1) is 11.3 Å². The summed E-state index contributed by atoms with van der Waals surface area (Å²) in [5, 5.41) is 2.12. The lowest BCUT2D eigenvalue weighted by Crippen LogP contribution is -2.42. The summed E-state index contributed by atoms with van der Waals surface area (Å²) >= 11 is 1.81. The summed E-state index contributed by atoms with van der Waals surface area (Å²) in [6, 6.07) is 2.01. The van der Waals surface area contributed by atoms with Crippen LogP contribution in [0.25, 0.3) is 0 Å². The van der Waals surface area contributed by atoms with Gasteiger partial charge in [-0.2, -0.15) is 0 Å². The SMILES string of the molecule is COC(=O)C(C)N1CCc2sccc2C1. The van der Waals surface area contributed by atoms with Gasteiger partial charge in [-0.25, -0.2) is 0 Å². The highest BCUT2D eigenvalue weighted by molar-refractivity contribution is 7.10. The summed E-state index contributed by atoms with van der Waals surface area (Å²) in [7, 11) is 1.44. The molecule has 1 aliphatic rings. The highest BCUT2D eigenvalue weighted by Crippen LogP contribution is 2.25. The zero-order valence-electron chi connectivity index (χ0n) is 9.03. The van der Waals surface area contributed by atoms with Crippen molar-refractivity contribution in [1.82, 2.24) is 4.90 Å². The minimum absolute atomic E-state index is 0.136. The van der Waals surface area contributed by atoms with Gasteiger partial charge in [0, 0.05) is 18.0 Å². The van der Waals surface area contributed by atoms with E-state index in [1.54, 1.807) is 0 Å². The summed E-state index contributed by atoms with van der Waals surface area (Å²) in [4.78, 5) is 15.0. The first-order chi connectivity index (χ1) is 7.22. The van der Waals surface area contributed by atoms with E-state index in [2.05, 4.69) is 16.3 Å². The summed E-state index contributed by atoms with van der Waals surface area (Å²) in [5.41, 5.74) is 1.36. The standard InChI is InChI=1S/C11H15NO2S/c1-8(11(13)14-2)12-5-3-10-9(7-12)4-6-15-10/h4,6,8H,3,5,7H2,1-2H3. The van der Waals surface area contributed by atoms with Crippen LogP contribution in [-0.4, -0.2) is 30.6 Å². The Morgan fingerprint density at radius 2 is 2.47 bits per heavy atom. The molecule has 2 rings (SSSR count). The summed E-state index contributed by atoms with van der Waals surface area (Å²) in [6.45, 7) is 3.72. The lowest BCUT2D eigenvalue weighted by molar-refractivity contribution is -0.146. The molecule has 0 saturated heterocycles. The zero-order valence-corrected chi connectivity index (χ0v) is 9.84. The largest absolute Gasteiger partial charge is 0.468 e. The van der Waals surface area contributed by atoms with E-state index in [0.29, 0.717) is 0 Å². The molecule has 3 nitrogen and oxygen atoms in total. The van der Waals surface area contributed by atoms with Crippen molar-refractivity contribution in [3.05, 3.63) is 21.9 Å². The van der Waals surface area contributed by atoms with Crippen LogP contribution >= 0.6 is 11.3 Å². The van der Waals surface area contributed by atoms with Crippen molar-refractivity contribution in [3.63, 3.8) is 0 Å². The fourth-order valence-electron chi connectivity index (χ4n) is 1.92. The number of hydrogen-bond donors (Lipinski definition) is 0. The average Bonchev–Trinajstić information content (AvgIpc) is 2.73. The molecule has 1 aromatic rings. The van der Waals surface area contributed by atoms with Crippen molar-refractivity contribution in [1.29, 1.82) is 0 Å². The number of carbonyl (C=O) groups is 1. The maximum Gasteiger partial charge on any atom is 0.322 e. The molecular weight excluding hydrogens is 210 g/mol. The predicted octanol–water partition coefficient (Wildman–Crippen LogP) is 1.67. The number of carbonyl (C=O) groups excluding carboxylic acids is 1. The third kappa shape index (κ3) is 2.06. The number of rotatable bonds is 2. The van der Waals surface area contributed by atoms with Gasteiger partial charge in [0.2, 0.25) is 0 Å². The molecule has 0 bridgehead atoms. The van der Waals surface area contributed by atoms with E-state index in [1.165, 1.54) is 17.6 Å². The number of hydrogen-bond acceptors (Lipinski definition) is 4. The van der Waals surface area contributed by atoms with E-state index < -0.39 is 0 Å². The van der Waals surface area contributed by atoms with Gasteiger partial charge in [0.1, 0.15) is 6.04 Å². The molecule has 1 unspecified atom stereocenters. The average molecular weight is 225 g/mol. The Bertz CT molecular complexity index is 361. The zero-order chi connectivity index (χ0) is 10.8. The van der Waals surface area contributed by atoms with Crippen LogP contribution < -0.4 is 0 Å². The van der Waals surface area contributed by atoms with Crippen LogP contribution in [0.2, 0.25) is 0 Å². The Kier molecular flexibility index (Phi) is 3.07. The number of ether oxygens (including phenoxy) is 1. The molecule has 0 radical (unpaired) electrons. The second-order valence-corrected chi connectivity index (χ2v) is 4.79. The lowest BCUT2D eigenvalue weighted by Gasteiger charge is -2.30. The Labute approximate surface area is 93.7 Å². The molecule has 0 saturated carbocycles. The summed E-state index contributed by atoms with van der Waals surface area (Å²) < 4.78 is 4.76. The van der Waals surface area contributed by atoms with Crippen LogP contribution in [0.1, 0.15) is 17.4 Å². The molecule has 0 fully saturated rings. The smallest absolute Gasteiger partial charge is 0.322 e. The van der Waals surface area contributed by atoms with Crippen molar-refractivity contribution in [2.24, 2.45) is 0 Å². The molecule has 0 aliphatic carbocycles. The maximum absolute atomic E-state index is 11.4. The van der Waals surface area contributed by atoms with Crippen LogP contribution in [0.4, 0.5) is 0 Å². The molecule has 82 valence electrons. The van der Waals surface area contributed by atoms with Crippen molar-refractivity contribution in [2.75, 3.05) is 13.7 Å². The van der Waals surface area contributed by atoms with Crippen LogP contribution in [0.3, 0.4) is 0 Å². The van der Waals surface area contributed by atoms with Gasteiger partial charge in [-0.05, 0) is 30.4 Å². The number of thiophene rings is 1. The fraction of sp³-hybridized carbons (Fsp3) is 0.545. The number of fused-ring (bicyclic) bond motifs is 1. The fourth-order valence-corrected chi connectivity index (χ4v) is 2.81. The van der Waals surface area contributed by atoms with Gasteiger partial charge in [-0.1, -0.05) is 0 Å². The molecule has 1 aliphatic heterocycles. The predicted molar refractivity (Wildman–Crippen MR) is 59.9 cm³/mol. The van der Waals surface area contributed by atoms with Gasteiger partial charge in [-0.3, -0.25) is 9.69 Å². The van der Waals surface area contributed by atoms with Crippen LogP contribution in [0.5, 0.6) is 0 Å². The second-order valence-electron chi connectivity index (χ2n) is 3.79. The number of methoxy groups -OCH3 is 1. The first kappa shape index (κ1) is 10.6. The minimum atomic E-state index is -0.145. The normalized spacial score (nSPS) is 18.3. The van der Waals surface area contributed by atoms with Gasteiger partial charge >= 0.3 is 5.97 Å². The minimum Gasteiger partial charge on any atom is -0.468 e. The van der Waals surface area contributed by atoms with E-state index in [4.69, 9.17) is 4.74 Å². The molecule has 0 amide bonds. The van der Waals surface area contributed by atoms with Crippen LogP contribution in [0, 0.1) is 0 Å². The Balaban J connectivity index is 2.06. The first-order valence-corrected chi connectivity index (χ1v) is 5.97. The molecule has 2 heterocycles. The first-order valence-electron chi connectivity index (χ1n) is 5.09. The van der Waals surface area contributed by atoms with Crippen LogP contribution in [0.15, 0.2) is 11.4 Å². The monoisotopic (exact) mass is 225 g/mol. The van der Waals surface area contributed by atoms with Gasteiger partial charge in [0.15, 0.2) is 0 Å². The van der Waals surface area contributed by atoms with E-state index in [0.717, 1.165) is 19.5 Å². The quantitative estimate of drug-likeness (QED) is 0.717. The van der Waals surface area contributed by atoms with Crippen molar-refractivity contribution in [2.45, 2.75) is 25.9 Å². The Hall–Kier alpha value is -0.870. The molecule has 1 atom stereocenters. The molecule has 1 aromatic heterocycles. The van der Waals surface area contributed by atoms with E-state index in [-0.39, 0.29) is 12.0 Å². The molecule has 0 N–H and O–H groups in total. The molecular formula is C11H15NO2S. The van der Waals surface area contributed by atoms with Crippen molar-refractivity contribution in [3.8, 4) is 0 Å². The number of esters is 1. The topological polar surface area (TPSA) is 29.5 Å². The molecule has 4 heteroatoms. The molecule has 15 heavy (non-hydrogen) atoms.